The van der Waals surface area contributed by atoms with Gasteiger partial charge in [-0.1, -0.05) is 6.07 Å². The molecule has 0 aliphatic carbocycles. The highest BCUT2D eigenvalue weighted by atomic mass is 79.9. The number of methoxy groups -OCH3 is 2. The van der Waals surface area contributed by atoms with Gasteiger partial charge >= 0.3 is 0 Å². The van der Waals surface area contributed by atoms with Crippen molar-refractivity contribution in [2.45, 2.75) is 6.42 Å². The number of nitrogens with one attached hydrogen (secondary N) is 1. The number of carbonyl (C=O) groups excluding carboxylic acids is 1. The largest absolute Gasteiger partial charge is 0.495 e. The first-order valence-electron chi connectivity index (χ1n) is 7.60. The molecule has 0 aromatic heterocycles. The summed E-state index contributed by atoms with van der Waals surface area (Å²) in [7, 11) is 5.18. The molecule has 0 atom stereocenters. The summed E-state index contributed by atoms with van der Waals surface area (Å²) >= 11 is 3.42. The second-order valence-corrected chi connectivity index (χ2v) is 6.46. The fraction of sp³-hybridized carbons (Fsp3) is 0.278. The van der Waals surface area contributed by atoms with Crippen LogP contribution in [0.4, 0.5) is 11.4 Å². The van der Waals surface area contributed by atoms with Crippen molar-refractivity contribution in [3.63, 3.8) is 0 Å². The van der Waals surface area contributed by atoms with Crippen LogP contribution in [0.5, 0.6) is 11.5 Å². The number of benzene rings is 2. The van der Waals surface area contributed by atoms with E-state index < -0.39 is 0 Å². The van der Waals surface area contributed by atoms with Crippen molar-refractivity contribution in [1.29, 1.82) is 0 Å². The van der Waals surface area contributed by atoms with E-state index in [1.165, 1.54) is 5.56 Å². The highest BCUT2D eigenvalue weighted by Gasteiger charge is 2.18. The Bertz CT molecular complexity index is 767. The molecule has 2 aromatic rings. The maximum Gasteiger partial charge on any atom is 0.255 e. The minimum Gasteiger partial charge on any atom is -0.495 e. The quantitative estimate of drug-likeness (QED) is 0.864. The smallest absolute Gasteiger partial charge is 0.255 e. The molecule has 0 saturated heterocycles. The van der Waals surface area contributed by atoms with Gasteiger partial charge in [-0.3, -0.25) is 4.79 Å². The van der Waals surface area contributed by atoms with Crippen molar-refractivity contribution in [3.8, 4) is 11.5 Å². The third-order valence-electron chi connectivity index (χ3n) is 4.18. The number of ether oxygens (including phenoxy) is 2. The van der Waals surface area contributed by atoms with E-state index in [4.69, 9.17) is 9.47 Å². The first-order valence-corrected chi connectivity index (χ1v) is 8.39. The van der Waals surface area contributed by atoms with E-state index in [0.717, 1.165) is 18.7 Å². The number of nitrogens with zero attached hydrogens (tertiary/aromatic N) is 1. The molecule has 0 saturated carbocycles. The van der Waals surface area contributed by atoms with Crippen molar-refractivity contribution in [2.24, 2.45) is 0 Å². The topological polar surface area (TPSA) is 50.8 Å². The second kappa shape index (κ2) is 6.73. The van der Waals surface area contributed by atoms with Crippen molar-refractivity contribution < 1.29 is 14.3 Å². The van der Waals surface area contributed by atoms with Crippen LogP contribution in [-0.4, -0.2) is 33.7 Å². The van der Waals surface area contributed by atoms with Gasteiger partial charge < -0.3 is 19.7 Å². The Balaban J connectivity index is 1.86. The summed E-state index contributed by atoms with van der Waals surface area (Å²) in [6, 6.07) is 9.33. The van der Waals surface area contributed by atoms with Crippen LogP contribution in [0.2, 0.25) is 0 Å². The Morgan fingerprint density at radius 1 is 1.17 bits per heavy atom. The van der Waals surface area contributed by atoms with Gasteiger partial charge in [0.25, 0.3) is 5.91 Å². The lowest BCUT2D eigenvalue weighted by atomic mass is 10.1. The number of likely N-dealkylation sites (N-methyl/N-ethyl adjacent to an activating group) is 1. The van der Waals surface area contributed by atoms with Crippen molar-refractivity contribution in [2.75, 3.05) is 38.0 Å². The molecule has 5 nitrogen and oxygen atoms in total. The Hall–Kier alpha value is -2.21. The second-order valence-electron chi connectivity index (χ2n) is 5.66. The van der Waals surface area contributed by atoms with Crippen molar-refractivity contribution >= 4 is 33.2 Å². The van der Waals surface area contributed by atoms with Gasteiger partial charge in [-0.05, 0) is 40.0 Å². The molecule has 3 rings (SSSR count). The van der Waals surface area contributed by atoms with Gasteiger partial charge in [-0.2, -0.15) is 0 Å². The summed E-state index contributed by atoms with van der Waals surface area (Å²) < 4.78 is 11.3. The fourth-order valence-electron chi connectivity index (χ4n) is 2.83. The molecule has 0 radical (unpaired) electrons. The molecule has 1 aliphatic rings. The van der Waals surface area contributed by atoms with Crippen LogP contribution in [0.25, 0.3) is 0 Å². The van der Waals surface area contributed by atoms with Gasteiger partial charge in [0.1, 0.15) is 16.0 Å². The van der Waals surface area contributed by atoms with Crippen LogP contribution in [0, 0.1) is 0 Å². The van der Waals surface area contributed by atoms with Crippen LogP contribution < -0.4 is 19.7 Å². The zero-order valence-electron chi connectivity index (χ0n) is 13.9. The highest BCUT2D eigenvalue weighted by Crippen LogP contribution is 2.37. The van der Waals surface area contributed by atoms with Crippen LogP contribution in [0.1, 0.15) is 15.9 Å². The lowest BCUT2D eigenvalue weighted by Gasteiger charge is -2.14. The Morgan fingerprint density at radius 2 is 1.83 bits per heavy atom. The summed E-state index contributed by atoms with van der Waals surface area (Å²) in [5.74, 6) is 1.03. The summed E-state index contributed by atoms with van der Waals surface area (Å²) in [6.45, 7) is 0.988. The Morgan fingerprint density at radius 3 is 2.46 bits per heavy atom. The summed E-state index contributed by atoms with van der Waals surface area (Å²) in [5, 5.41) is 2.90. The molecule has 1 heterocycles. The number of carbonyl (C=O) groups is 1. The third kappa shape index (κ3) is 3.06. The van der Waals surface area contributed by atoms with E-state index in [9.17, 15) is 4.79 Å². The van der Waals surface area contributed by atoms with E-state index in [2.05, 4.69) is 26.1 Å². The van der Waals surface area contributed by atoms with E-state index in [0.29, 0.717) is 27.2 Å². The van der Waals surface area contributed by atoms with Gasteiger partial charge in [-0.25, -0.2) is 0 Å². The minimum atomic E-state index is -0.162. The summed E-state index contributed by atoms with van der Waals surface area (Å²) in [5.41, 5.74) is 3.64. The van der Waals surface area contributed by atoms with Crippen LogP contribution in [-0.2, 0) is 6.42 Å². The first-order chi connectivity index (χ1) is 11.5. The average molecular weight is 391 g/mol. The van der Waals surface area contributed by atoms with Gasteiger partial charge in [0, 0.05) is 42.7 Å². The van der Waals surface area contributed by atoms with Crippen molar-refractivity contribution in [3.05, 3.63) is 45.9 Å². The molecule has 24 heavy (non-hydrogen) atoms. The molecular weight excluding hydrogens is 372 g/mol. The number of amides is 1. The summed E-state index contributed by atoms with van der Waals surface area (Å²) in [6.07, 6.45) is 1.02. The number of anilines is 2. The van der Waals surface area contributed by atoms with Crippen molar-refractivity contribution in [1.82, 2.24) is 0 Å². The molecule has 1 aliphatic heterocycles. The van der Waals surface area contributed by atoms with Gasteiger partial charge in [0.2, 0.25) is 0 Å². The standard InChI is InChI=1S/C18H19BrN2O3/c1-21-7-6-11-4-5-12(8-14(11)21)18(22)20-13-9-15(23-2)17(19)16(10-13)24-3/h4-5,8-10H,6-7H2,1-3H3,(H,20,22). The number of hydrogen-bond donors (Lipinski definition) is 1. The molecule has 126 valence electrons. The van der Waals surface area contributed by atoms with E-state index in [-0.39, 0.29) is 5.91 Å². The predicted octanol–water partition coefficient (Wildman–Crippen LogP) is 3.71. The van der Waals surface area contributed by atoms with Gasteiger partial charge in [0.15, 0.2) is 0 Å². The molecule has 0 fully saturated rings. The number of fused-ring (bicyclic) bond motifs is 1. The molecule has 0 unspecified atom stereocenters. The fourth-order valence-corrected chi connectivity index (χ4v) is 3.38. The van der Waals surface area contributed by atoms with Crippen LogP contribution in [0.3, 0.4) is 0 Å². The molecule has 0 spiro atoms. The zero-order valence-corrected chi connectivity index (χ0v) is 15.4. The predicted molar refractivity (Wildman–Crippen MR) is 98.6 cm³/mol. The van der Waals surface area contributed by atoms with Gasteiger partial charge in [0.05, 0.1) is 14.2 Å². The highest BCUT2D eigenvalue weighted by molar-refractivity contribution is 9.10. The molecular formula is C18H19BrN2O3. The first kappa shape index (κ1) is 16.6. The number of hydrogen-bond acceptors (Lipinski definition) is 4. The van der Waals surface area contributed by atoms with Gasteiger partial charge in [-0.15, -0.1) is 0 Å². The summed E-state index contributed by atoms with van der Waals surface area (Å²) in [4.78, 5) is 14.7. The van der Waals surface area contributed by atoms with E-state index >= 15 is 0 Å². The normalized spacial score (nSPS) is 12.8. The molecule has 2 aromatic carbocycles. The monoisotopic (exact) mass is 390 g/mol. The zero-order chi connectivity index (χ0) is 17.3. The number of rotatable bonds is 4. The maximum absolute atomic E-state index is 12.6. The maximum atomic E-state index is 12.6. The molecule has 1 amide bonds. The van der Waals surface area contributed by atoms with E-state index in [1.54, 1.807) is 26.4 Å². The number of halogens is 1. The molecule has 0 bridgehead atoms. The van der Waals surface area contributed by atoms with E-state index in [1.807, 2.05) is 25.2 Å². The molecule has 6 heteroatoms. The SMILES string of the molecule is COc1cc(NC(=O)c2ccc3c(c2)N(C)CC3)cc(OC)c1Br. The lowest BCUT2D eigenvalue weighted by molar-refractivity contribution is 0.102. The Kier molecular flexibility index (Phi) is 4.66. The Labute approximate surface area is 149 Å². The third-order valence-corrected chi connectivity index (χ3v) is 4.96. The molecule has 1 N–H and O–H groups in total. The van der Waals surface area contributed by atoms with Crippen LogP contribution >= 0.6 is 15.9 Å². The lowest BCUT2D eigenvalue weighted by Crippen LogP contribution is -2.15. The average Bonchev–Trinajstić information content (AvgIpc) is 2.96. The van der Waals surface area contributed by atoms with Crippen LogP contribution in [0.15, 0.2) is 34.8 Å². The minimum absolute atomic E-state index is 0.162.